The van der Waals surface area contributed by atoms with Crippen molar-refractivity contribution in [2.24, 2.45) is 0 Å². The number of nitrogens with zero attached hydrogens (tertiary/aromatic N) is 2. The minimum absolute atomic E-state index is 0.0502. The highest BCUT2D eigenvalue weighted by atomic mass is 16.7. The fourth-order valence-corrected chi connectivity index (χ4v) is 5.12. The predicted molar refractivity (Wildman–Crippen MR) is 181 cm³/mol. The largest absolute Gasteiger partial charge is 0.379 e. The van der Waals surface area contributed by atoms with E-state index in [2.05, 4.69) is 17.2 Å². The lowest BCUT2D eigenvalue weighted by Gasteiger charge is -2.26. The second kappa shape index (κ2) is 21.5. The lowest BCUT2D eigenvalue weighted by atomic mass is 10.0. The minimum atomic E-state index is -0.711. The van der Waals surface area contributed by atoms with Gasteiger partial charge in [0.2, 0.25) is 11.8 Å². The first-order valence-corrected chi connectivity index (χ1v) is 17.1. The molecule has 4 rings (SSSR count). The van der Waals surface area contributed by atoms with Gasteiger partial charge in [0.15, 0.2) is 0 Å². The van der Waals surface area contributed by atoms with Crippen LogP contribution in [0.15, 0.2) is 48.5 Å². The van der Waals surface area contributed by atoms with E-state index in [1.165, 1.54) is 0 Å². The zero-order valence-corrected chi connectivity index (χ0v) is 28.3. The molecule has 13 nitrogen and oxygen atoms in total. The third-order valence-electron chi connectivity index (χ3n) is 7.80. The molecule has 1 fully saturated rings. The fourth-order valence-electron chi connectivity index (χ4n) is 5.12. The minimum Gasteiger partial charge on any atom is -0.379 e. The molecule has 2 aliphatic heterocycles. The van der Waals surface area contributed by atoms with E-state index in [-0.39, 0.29) is 50.7 Å². The SMILES string of the molecule is O=C(CCOCCOCCOCCOCCC(=O)ON1C(=O)CCC1=O)NCCCCCC(=O)N1Cc2ccccc2C#Cc2ccccc21. The first kappa shape index (κ1) is 38.2. The van der Waals surface area contributed by atoms with Crippen molar-refractivity contribution in [1.82, 2.24) is 10.4 Å². The van der Waals surface area contributed by atoms with E-state index < -0.39 is 17.8 Å². The Hall–Kier alpha value is -4.61. The molecule has 2 aliphatic rings. The number of hydrogen-bond acceptors (Lipinski definition) is 10. The summed E-state index contributed by atoms with van der Waals surface area (Å²) in [7, 11) is 0. The molecule has 1 N–H and O–H groups in total. The number of carbonyl (C=O) groups is 5. The number of carbonyl (C=O) groups excluding carboxylic acids is 5. The number of benzene rings is 2. The van der Waals surface area contributed by atoms with Crippen molar-refractivity contribution in [3.8, 4) is 11.8 Å². The quantitative estimate of drug-likeness (QED) is 0.111. The van der Waals surface area contributed by atoms with Gasteiger partial charge in [-0.25, -0.2) is 4.79 Å². The van der Waals surface area contributed by atoms with Gasteiger partial charge in [-0.2, -0.15) is 0 Å². The molecule has 13 heteroatoms. The van der Waals surface area contributed by atoms with Crippen molar-refractivity contribution < 1.29 is 47.8 Å². The normalized spacial score (nSPS) is 13.5. The second-order valence-corrected chi connectivity index (χ2v) is 11.6. The molecule has 2 aromatic carbocycles. The Morgan fingerprint density at radius 1 is 0.660 bits per heavy atom. The Bertz CT molecular complexity index is 1500. The van der Waals surface area contributed by atoms with Gasteiger partial charge in [-0.1, -0.05) is 48.6 Å². The molecular weight excluding hydrogens is 646 g/mol. The van der Waals surface area contributed by atoms with Crippen LogP contribution in [0.25, 0.3) is 0 Å². The first-order valence-electron chi connectivity index (χ1n) is 17.1. The number of rotatable bonds is 22. The Morgan fingerprint density at radius 2 is 1.24 bits per heavy atom. The van der Waals surface area contributed by atoms with Gasteiger partial charge in [-0.3, -0.25) is 19.2 Å². The van der Waals surface area contributed by atoms with Crippen LogP contribution in [0.1, 0.15) is 68.1 Å². The smallest absolute Gasteiger partial charge is 0.335 e. The van der Waals surface area contributed by atoms with Crippen LogP contribution < -0.4 is 10.2 Å². The molecule has 2 heterocycles. The summed E-state index contributed by atoms with van der Waals surface area (Å²) in [5.41, 5.74) is 3.65. The van der Waals surface area contributed by atoms with E-state index in [1.807, 2.05) is 53.4 Å². The maximum Gasteiger partial charge on any atom is 0.335 e. The van der Waals surface area contributed by atoms with Crippen LogP contribution >= 0.6 is 0 Å². The summed E-state index contributed by atoms with van der Waals surface area (Å²) in [5.74, 6) is 4.69. The average Bonchev–Trinajstić information content (AvgIpc) is 3.42. The van der Waals surface area contributed by atoms with Crippen molar-refractivity contribution >= 4 is 35.3 Å². The van der Waals surface area contributed by atoms with Crippen LogP contribution in [-0.4, -0.2) is 94.1 Å². The first-order chi connectivity index (χ1) is 24.4. The number of amides is 4. The van der Waals surface area contributed by atoms with Gasteiger partial charge in [-0.15, -0.1) is 5.06 Å². The Balaban J connectivity index is 0.929. The predicted octanol–water partition coefficient (Wildman–Crippen LogP) is 3.06. The van der Waals surface area contributed by atoms with Crippen molar-refractivity contribution in [3.63, 3.8) is 0 Å². The Morgan fingerprint density at radius 3 is 1.94 bits per heavy atom. The van der Waals surface area contributed by atoms with Crippen LogP contribution in [0, 0.1) is 11.8 Å². The Kier molecular flexibility index (Phi) is 16.4. The summed E-state index contributed by atoms with van der Waals surface area (Å²) in [6.45, 7) is 3.43. The topological polar surface area (TPSA) is 150 Å². The molecule has 0 radical (unpaired) electrons. The molecule has 0 unspecified atom stereocenters. The zero-order valence-electron chi connectivity index (χ0n) is 28.3. The number of imide groups is 1. The molecule has 0 aliphatic carbocycles. The van der Waals surface area contributed by atoms with E-state index >= 15 is 0 Å². The van der Waals surface area contributed by atoms with E-state index in [9.17, 15) is 24.0 Å². The molecule has 0 saturated carbocycles. The molecule has 0 atom stereocenters. The van der Waals surface area contributed by atoms with E-state index in [0.29, 0.717) is 64.2 Å². The zero-order chi connectivity index (χ0) is 35.4. The number of unbranched alkanes of at least 4 members (excludes halogenated alkanes) is 2. The van der Waals surface area contributed by atoms with E-state index in [1.54, 1.807) is 0 Å². The summed E-state index contributed by atoms with van der Waals surface area (Å²) in [4.78, 5) is 66.5. The van der Waals surface area contributed by atoms with Crippen molar-refractivity contribution in [2.45, 2.75) is 57.9 Å². The molecule has 0 spiro atoms. The number of para-hydroxylation sites is 1. The number of hydrogen-bond donors (Lipinski definition) is 1. The van der Waals surface area contributed by atoms with E-state index in [0.717, 1.165) is 41.6 Å². The number of anilines is 1. The molecule has 1 saturated heterocycles. The van der Waals surface area contributed by atoms with Crippen LogP contribution in [0.2, 0.25) is 0 Å². The number of ether oxygens (including phenoxy) is 4. The Labute approximate surface area is 292 Å². The fraction of sp³-hybridized carbons (Fsp3) is 0.486. The van der Waals surface area contributed by atoms with Crippen LogP contribution in [0.3, 0.4) is 0 Å². The highest BCUT2D eigenvalue weighted by molar-refractivity contribution is 6.01. The van der Waals surface area contributed by atoms with Crippen LogP contribution in [0.5, 0.6) is 0 Å². The van der Waals surface area contributed by atoms with Crippen LogP contribution in [-0.2, 0) is 54.3 Å². The van der Waals surface area contributed by atoms with Gasteiger partial charge in [0.1, 0.15) is 0 Å². The molecule has 50 heavy (non-hydrogen) atoms. The summed E-state index contributed by atoms with van der Waals surface area (Å²) >= 11 is 0. The number of fused-ring (bicyclic) bond motifs is 2. The summed E-state index contributed by atoms with van der Waals surface area (Å²) in [5, 5.41) is 3.42. The third kappa shape index (κ3) is 13.0. The standard InChI is InChI=1S/C37H45N3O10/c41-33(17-20-46-22-24-48-26-27-49-25-23-47-21-18-37(45)50-40-35(43)15-16-36(40)44)38-19-7-1-2-12-34(42)39-28-31-10-4-3-8-29(31)13-14-30-9-5-6-11-32(30)39/h3-6,8-11H,1-2,7,12,15-28H2,(H,38,41). The van der Waals surface area contributed by atoms with Crippen LogP contribution in [0.4, 0.5) is 5.69 Å². The monoisotopic (exact) mass is 691 g/mol. The summed E-state index contributed by atoms with van der Waals surface area (Å²) < 4.78 is 21.6. The maximum absolute atomic E-state index is 13.3. The van der Waals surface area contributed by atoms with E-state index in [4.69, 9.17) is 23.8 Å². The lowest BCUT2D eigenvalue weighted by Crippen LogP contribution is -2.32. The van der Waals surface area contributed by atoms with Crippen molar-refractivity contribution in [1.29, 1.82) is 0 Å². The maximum atomic E-state index is 13.3. The van der Waals surface area contributed by atoms with Crippen molar-refractivity contribution in [3.05, 3.63) is 65.2 Å². The lowest BCUT2D eigenvalue weighted by molar-refractivity contribution is -0.198. The molecule has 0 aromatic heterocycles. The second-order valence-electron chi connectivity index (χ2n) is 11.6. The number of nitrogens with one attached hydrogen (secondary N) is 1. The molecule has 268 valence electrons. The molecule has 2 aromatic rings. The summed E-state index contributed by atoms with van der Waals surface area (Å²) in [6, 6.07) is 15.7. The van der Waals surface area contributed by atoms with Gasteiger partial charge in [0.25, 0.3) is 11.8 Å². The van der Waals surface area contributed by atoms with Gasteiger partial charge in [-0.05, 0) is 36.6 Å². The van der Waals surface area contributed by atoms with Gasteiger partial charge in [0.05, 0.1) is 71.5 Å². The average molecular weight is 692 g/mol. The molecule has 0 bridgehead atoms. The van der Waals surface area contributed by atoms with Crippen molar-refractivity contribution in [2.75, 3.05) is 64.3 Å². The summed E-state index contributed by atoms with van der Waals surface area (Å²) in [6.07, 6.45) is 3.03. The molecule has 4 amide bonds. The third-order valence-corrected chi connectivity index (χ3v) is 7.80. The highest BCUT2D eigenvalue weighted by Gasteiger charge is 2.32. The molecular formula is C37H45N3O10. The van der Waals surface area contributed by atoms with Gasteiger partial charge >= 0.3 is 5.97 Å². The number of hydroxylamine groups is 2. The van der Waals surface area contributed by atoms with Gasteiger partial charge < -0.3 is 34.0 Å². The van der Waals surface area contributed by atoms with Gasteiger partial charge in [0, 0.05) is 43.4 Å². The highest BCUT2D eigenvalue weighted by Crippen LogP contribution is 2.26.